The van der Waals surface area contributed by atoms with Gasteiger partial charge in [0.05, 0.1) is 5.02 Å². The molecule has 1 fully saturated rings. The van der Waals surface area contributed by atoms with Crippen molar-refractivity contribution in [2.45, 2.75) is 0 Å². The number of hydrogen-bond acceptors (Lipinski definition) is 5. The van der Waals surface area contributed by atoms with Crippen LogP contribution < -0.4 is 9.47 Å². The van der Waals surface area contributed by atoms with Crippen molar-refractivity contribution in [3.05, 3.63) is 28.3 Å². The van der Waals surface area contributed by atoms with Gasteiger partial charge in [-0.05, 0) is 29.9 Å². The van der Waals surface area contributed by atoms with Gasteiger partial charge in [0.1, 0.15) is 5.57 Å². The Labute approximate surface area is 136 Å². The number of nitrogens with zero attached hydrogens (tertiary/aromatic N) is 2. The van der Waals surface area contributed by atoms with Gasteiger partial charge in [0.25, 0.3) is 11.8 Å². The number of thiocarbonyl (C=S) groups is 1. The standard InChI is InChI=1S/C14H11ClN2O4S/c1-16-12(18)8(13(19)17(2)14(16)22)3-7-4-10-11(5-9(7)15)21-6-20-10/h3-5H,6H2,1-2H3. The van der Waals surface area contributed by atoms with E-state index in [1.807, 2.05) is 0 Å². The summed E-state index contributed by atoms with van der Waals surface area (Å²) in [4.78, 5) is 27.0. The molecule has 0 spiro atoms. The first-order valence-corrected chi connectivity index (χ1v) is 7.09. The van der Waals surface area contributed by atoms with Crippen LogP contribution in [0.1, 0.15) is 5.56 Å². The Morgan fingerprint density at radius 1 is 1.14 bits per heavy atom. The maximum Gasteiger partial charge on any atom is 0.265 e. The number of benzene rings is 1. The van der Waals surface area contributed by atoms with Crippen LogP contribution in [0.5, 0.6) is 11.5 Å². The molecular weight excluding hydrogens is 328 g/mol. The van der Waals surface area contributed by atoms with Crippen molar-refractivity contribution in [2.75, 3.05) is 20.9 Å². The average molecular weight is 339 g/mol. The number of ether oxygens (including phenoxy) is 2. The zero-order valence-electron chi connectivity index (χ0n) is 11.8. The van der Waals surface area contributed by atoms with E-state index in [0.717, 1.165) is 0 Å². The highest BCUT2D eigenvalue weighted by molar-refractivity contribution is 7.80. The minimum atomic E-state index is -0.471. The van der Waals surface area contributed by atoms with Gasteiger partial charge in [-0.3, -0.25) is 19.4 Å². The number of likely N-dealkylation sites (N-methyl/N-ethyl adjacent to an activating group) is 2. The predicted molar refractivity (Wildman–Crippen MR) is 83.7 cm³/mol. The monoisotopic (exact) mass is 338 g/mol. The third-order valence-corrected chi connectivity index (χ3v) is 4.31. The smallest absolute Gasteiger partial charge is 0.265 e. The molecule has 2 heterocycles. The summed E-state index contributed by atoms with van der Waals surface area (Å²) in [5.41, 5.74) is 0.483. The highest BCUT2D eigenvalue weighted by Gasteiger charge is 2.35. The summed E-state index contributed by atoms with van der Waals surface area (Å²) in [5, 5.41) is 0.514. The second kappa shape index (κ2) is 5.26. The first-order chi connectivity index (χ1) is 10.4. The van der Waals surface area contributed by atoms with Crippen LogP contribution in [0.15, 0.2) is 17.7 Å². The summed E-state index contributed by atoms with van der Waals surface area (Å²) in [7, 11) is 3.03. The summed E-state index contributed by atoms with van der Waals surface area (Å²) in [5.74, 6) is 0.108. The van der Waals surface area contributed by atoms with Crippen molar-refractivity contribution in [1.29, 1.82) is 0 Å². The fourth-order valence-corrected chi connectivity index (χ4v) is 2.55. The van der Waals surface area contributed by atoms with Crippen molar-refractivity contribution in [3.63, 3.8) is 0 Å². The summed E-state index contributed by atoms with van der Waals surface area (Å²) in [6.45, 7) is 0.114. The molecule has 114 valence electrons. The second-order valence-corrected chi connectivity index (χ2v) is 5.57. The van der Waals surface area contributed by atoms with E-state index < -0.39 is 11.8 Å². The molecule has 22 heavy (non-hydrogen) atoms. The van der Waals surface area contributed by atoms with Crippen LogP contribution >= 0.6 is 23.8 Å². The van der Waals surface area contributed by atoms with Gasteiger partial charge in [-0.1, -0.05) is 11.6 Å². The van der Waals surface area contributed by atoms with Crippen LogP contribution in [-0.2, 0) is 9.59 Å². The number of carbonyl (C=O) groups excluding carboxylic acids is 2. The van der Waals surface area contributed by atoms with E-state index >= 15 is 0 Å². The lowest BCUT2D eigenvalue weighted by Crippen LogP contribution is -2.52. The van der Waals surface area contributed by atoms with Crippen LogP contribution in [0.25, 0.3) is 6.08 Å². The SMILES string of the molecule is CN1C(=O)C(=Cc2cc3c(cc2Cl)OCO3)C(=O)N(C)C1=S. The number of hydrogen-bond donors (Lipinski definition) is 0. The normalized spacial score (nSPS) is 17.4. The zero-order valence-corrected chi connectivity index (χ0v) is 13.3. The summed E-state index contributed by atoms with van der Waals surface area (Å²) < 4.78 is 10.5. The molecule has 0 atom stereocenters. The number of rotatable bonds is 1. The van der Waals surface area contributed by atoms with Crippen LogP contribution in [0.2, 0.25) is 5.02 Å². The molecule has 3 rings (SSSR count). The lowest BCUT2D eigenvalue weighted by atomic mass is 10.1. The largest absolute Gasteiger partial charge is 0.454 e. The van der Waals surface area contributed by atoms with Gasteiger partial charge in [-0.2, -0.15) is 0 Å². The third-order valence-electron chi connectivity index (χ3n) is 3.44. The van der Waals surface area contributed by atoms with Gasteiger partial charge in [0.2, 0.25) is 6.79 Å². The molecule has 1 saturated heterocycles. The van der Waals surface area contributed by atoms with E-state index in [2.05, 4.69) is 0 Å². The van der Waals surface area contributed by atoms with Crippen LogP contribution in [0.4, 0.5) is 0 Å². The Morgan fingerprint density at radius 3 is 2.27 bits per heavy atom. The van der Waals surface area contributed by atoms with E-state index in [-0.39, 0.29) is 17.5 Å². The maximum atomic E-state index is 12.3. The fourth-order valence-electron chi connectivity index (χ4n) is 2.17. The molecule has 2 aliphatic rings. The molecule has 0 saturated carbocycles. The Kier molecular flexibility index (Phi) is 3.54. The molecule has 8 heteroatoms. The van der Waals surface area contributed by atoms with Crippen LogP contribution in [0, 0.1) is 0 Å². The summed E-state index contributed by atoms with van der Waals surface area (Å²) in [6, 6.07) is 3.22. The molecule has 2 amide bonds. The molecule has 0 N–H and O–H groups in total. The quantitative estimate of drug-likeness (QED) is 0.443. The third kappa shape index (κ3) is 2.22. The lowest BCUT2D eigenvalue weighted by Gasteiger charge is -2.31. The van der Waals surface area contributed by atoms with E-state index in [0.29, 0.717) is 22.1 Å². The molecule has 2 aliphatic heterocycles. The Balaban J connectivity index is 2.06. The number of carbonyl (C=O) groups is 2. The molecule has 0 aromatic heterocycles. The van der Waals surface area contributed by atoms with Crippen molar-refractivity contribution >= 4 is 46.8 Å². The fraction of sp³-hybridized carbons (Fsp3) is 0.214. The maximum absolute atomic E-state index is 12.3. The highest BCUT2D eigenvalue weighted by atomic mass is 35.5. The minimum absolute atomic E-state index is 0.0145. The molecule has 0 unspecified atom stereocenters. The predicted octanol–water partition coefficient (Wildman–Crippen LogP) is 1.67. The molecular formula is C14H11ClN2O4S. The molecule has 0 radical (unpaired) electrons. The minimum Gasteiger partial charge on any atom is -0.454 e. The van der Waals surface area contributed by atoms with Crippen molar-refractivity contribution in [3.8, 4) is 11.5 Å². The Hall–Kier alpha value is -2.12. The van der Waals surface area contributed by atoms with Gasteiger partial charge >= 0.3 is 0 Å². The summed E-state index contributed by atoms with van der Waals surface area (Å²) >= 11 is 11.2. The number of fused-ring (bicyclic) bond motifs is 1. The van der Waals surface area contributed by atoms with Gasteiger partial charge < -0.3 is 9.47 Å². The number of amides is 2. The van der Waals surface area contributed by atoms with E-state index in [1.54, 1.807) is 12.1 Å². The summed E-state index contributed by atoms with van der Waals surface area (Å²) in [6.07, 6.45) is 1.43. The van der Waals surface area contributed by atoms with Crippen LogP contribution in [-0.4, -0.2) is 47.6 Å². The lowest BCUT2D eigenvalue weighted by molar-refractivity contribution is -0.132. The zero-order chi connectivity index (χ0) is 16.0. The average Bonchev–Trinajstić information content (AvgIpc) is 2.94. The molecule has 0 bridgehead atoms. The second-order valence-electron chi connectivity index (χ2n) is 4.80. The Bertz CT molecular complexity index is 721. The van der Waals surface area contributed by atoms with Crippen LogP contribution in [0.3, 0.4) is 0 Å². The van der Waals surface area contributed by atoms with Crippen molar-refractivity contribution in [2.24, 2.45) is 0 Å². The Morgan fingerprint density at radius 2 is 1.68 bits per heavy atom. The van der Waals surface area contributed by atoms with Crippen molar-refractivity contribution < 1.29 is 19.1 Å². The molecule has 1 aromatic rings. The molecule has 1 aromatic carbocycles. The first-order valence-electron chi connectivity index (χ1n) is 6.31. The van der Waals surface area contributed by atoms with Gasteiger partial charge in [0.15, 0.2) is 16.6 Å². The van der Waals surface area contributed by atoms with Gasteiger partial charge in [-0.25, -0.2) is 0 Å². The van der Waals surface area contributed by atoms with Gasteiger partial charge in [0, 0.05) is 20.2 Å². The topological polar surface area (TPSA) is 59.1 Å². The van der Waals surface area contributed by atoms with Gasteiger partial charge in [-0.15, -0.1) is 0 Å². The molecule has 0 aliphatic carbocycles. The molecule has 6 nitrogen and oxygen atoms in total. The first kappa shape index (κ1) is 14.8. The van der Waals surface area contributed by atoms with E-state index in [9.17, 15) is 9.59 Å². The van der Waals surface area contributed by atoms with Crippen molar-refractivity contribution in [1.82, 2.24) is 9.80 Å². The number of halogens is 1. The van der Waals surface area contributed by atoms with E-state index in [4.69, 9.17) is 33.3 Å². The van der Waals surface area contributed by atoms with E-state index in [1.165, 1.54) is 30.0 Å². The highest BCUT2D eigenvalue weighted by Crippen LogP contribution is 2.37.